The lowest BCUT2D eigenvalue weighted by atomic mass is 10.2. The first-order valence-corrected chi connectivity index (χ1v) is 9.35. The van der Waals surface area contributed by atoms with Crippen molar-refractivity contribution in [1.29, 1.82) is 0 Å². The van der Waals surface area contributed by atoms with Gasteiger partial charge in [0.15, 0.2) is 0 Å². The first kappa shape index (κ1) is 18.8. The molecule has 0 radical (unpaired) electrons. The van der Waals surface area contributed by atoms with Crippen LogP contribution in [0.25, 0.3) is 5.69 Å². The molecule has 4 rings (SSSR count). The fourth-order valence-electron chi connectivity index (χ4n) is 3.16. The van der Waals surface area contributed by atoms with Gasteiger partial charge in [0.25, 0.3) is 0 Å². The summed E-state index contributed by atoms with van der Waals surface area (Å²) in [6.07, 6.45) is 3.29. The Bertz CT molecular complexity index is 970. The molecule has 1 aliphatic rings. The number of hydrogen-bond acceptors (Lipinski definition) is 7. The van der Waals surface area contributed by atoms with Crippen molar-refractivity contribution in [3.05, 3.63) is 54.0 Å². The normalized spacial score (nSPS) is 13.9. The van der Waals surface area contributed by atoms with E-state index < -0.39 is 0 Å². The Balaban J connectivity index is 1.34. The Morgan fingerprint density at radius 1 is 1.21 bits per heavy atom. The molecule has 3 aromatic rings. The van der Waals surface area contributed by atoms with Gasteiger partial charge in [-0.2, -0.15) is 0 Å². The number of anilines is 2. The summed E-state index contributed by atoms with van der Waals surface area (Å²) in [4.78, 5) is 18.9. The van der Waals surface area contributed by atoms with Crippen molar-refractivity contribution in [2.24, 2.45) is 0 Å². The van der Waals surface area contributed by atoms with Crippen molar-refractivity contribution in [2.45, 2.75) is 13.5 Å². The number of rotatable bonds is 5. The van der Waals surface area contributed by atoms with E-state index in [4.69, 9.17) is 4.74 Å². The lowest BCUT2D eigenvalue weighted by Crippen LogP contribution is -2.36. The van der Waals surface area contributed by atoms with E-state index in [2.05, 4.69) is 36.0 Å². The summed E-state index contributed by atoms with van der Waals surface area (Å²) in [6, 6.07) is 9.17. The van der Waals surface area contributed by atoms with Crippen LogP contribution in [0.2, 0.25) is 0 Å². The second-order valence-electron chi connectivity index (χ2n) is 6.69. The van der Waals surface area contributed by atoms with E-state index in [1.807, 2.05) is 37.3 Å². The lowest BCUT2D eigenvalue weighted by Gasteiger charge is -2.28. The molecule has 0 atom stereocenters. The molecule has 2 aromatic heterocycles. The molecule has 10 heteroatoms. The highest BCUT2D eigenvalue weighted by atomic mass is 16.5. The van der Waals surface area contributed by atoms with Gasteiger partial charge in [-0.1, -0.05) is 0 Å². The Labute approximate surface area is 167 Å². The molecule has 0 aliphatic carbocycles. The van der Waals surface area contributed by atoms with E-state index in [0.29, 0.717) is 25.4 Å². The predicted molar refractivity (Wildman–Crippen MR) is 107 cm³/mol. The first-order valence-electron chi connectivity index (χ1n) is 9.35. The minimum Gasteiger partial charge on any atom is -0.378 e. The van der Waals surface area contributed by atoms with E-state index in [1.54, 1.807) is 10.9 Å². The second kappa shape index (κ2) is 8.65. The van der Waals surface area contributed by atoms with Crippen LogP contribution in [-0.2, 0) is 11.3 Å². The van der Waals surface area contributed by atoms with Crippen molar-refractivity contribution in [1.82, 2.24) is 30.5 Å². The Morgan fingerprint density at radius 3 is 2.83 bits per heavy atom. The van der Waals surface area contributed by atoms with E-state index in [9.17, 15) is 4.79 Å². The van der Waals surface area contributed by atoms with Gasteiger partial charge in [0.1, 0.15) is 12.1 Å². The average Bonchev–Trinajstić information content (AvgIpc) is 3.28. The zero-order valence-corrected chi connectivity index (χ0v) is 16.1. The minimum absolute atomic E-state index is 0.274. The van der Waals surface area contributed by atoms with Crippen LogP contribution in [0.15, 0.2) is 42.9 Å². The van der Waals surface area contributed by atoms with Gasteiger partial charge in [-0.05, 0) is 58.8 Å². The molecular formula is C19H22N8O2. The van der Waals surface area contributed by atoms with E-state index >= 15 is 0 Å². The van der Waals surface area contributed by atoms with Crippen molar-refractivity contribution >= 4 is 17.5 Å². The Hall–Kier alpha value is -3.53. The molecule has 1 saturated heterocycles. The van der Waals surface area contributed by atoms with Gasteiger partial charge in [0, 0.05) is 31.5 Å². The van der Waals surface area contributed by atoms with Gasteiger partial charge in [0.2, 0.25) is 0 Å². The van der Waals surface area contributed by atoms with Crippen molar-refractivity contribution in [3.63, 3.8) is 0 Å². The topological polar surface area (TPSA) is 110 Å². The summed E-state index contributed by atoms with van der Waals surface area (Å²) in [6.45, 7) is 5.41. The Kier molecular flexibility index (Phi) is 5.61. The number of tetrazole rings is 1. The standard InChI is InChI=1S/C19H22N8O2/c1-14-10-16(2-3-17(14)27-13-22-24-25-27)23-19(28)21-12-15-4-5-20-18(11-15)26-6-8-29-9-7-26/h2-5,10-11,13H,6-9,12H2,1H3,(H2,21,23,28). The van der Waals surface area contributed by atoms with Crippen LogP contribution in [0.1, 0.15) is 11.1 Å². The second-order valence-corrected chi connectivity index (χ2v) is 6.69. The number of morpholine rings is 1. The highest BCUT2D eigenvalue weighted by Crippen LogP contribution is 2.18. The van der Waals surface area contributed by atoms with Gasteiger partial charge >= 0.3 is 6.03 Å². The molecular weight excluding hydrogens is 372 g/mol. The van der Waals surface area contributed by atoms with Crippen LogP contribution in [0.3, 0.4) is 0 Å². The molecule has 29 heavy (non-hydrogen) atoms. The summed E-state index contributed by atoms with van der Waals surface area (Å²) in [5.41, 5.74) is 3.48. The number of benzene rings is 1. The molecule has 0 unspecified atom stereocenters. The largest absolute Gasteiger partial charge is 0.378 e. The number of urea groups is 1. The zero-order chi connectivity index (χ0) is 20.1. The molecule has 1 fully saturated rings. The number of amides is 2. The van der Waals surface area contributed by atoms with Crippen molar-refractivity contribution < 1.29 is 9.53 Å². The third kappa shape index (κ3) is 4.66. The quantitative estimate of drug-likeness (QED) is 0.675. The summed E-state index contributed by atoms with van der Waals surface area (Å²) in [7, 11) is 0. The van der Waals surface area contributed by atoms with Gasteiger partial charge in [-0.3, -0.25) is 0 Å². The first-order chi connectivity index (χ1) is 14.2. The molecule has 1 aliphatic heterocycles. The fraction of sp³-hybridized carbons (Fsp3) is 0.316. The maximum Gasteiger partial charge on any atom is 0.319 e. The molecule has 1 aromatic carbocycles. The molecule has 0 saturated carbocycles. The van der Waals surface area contributed by atoms with Crippen LogP contribution < -0.4 is 15.5 Å². The molecule has 0 spiro atoms. The number of nitrogens with one attached hydrogen (secondary N) is 2. The van der Waals surface area contributed by atoms with E-state index in [0.717, 1.165) is 35.7 Å². The number of hydrogen-bond donors (Lipinski definition) is 2. The average molecular weight is 394 g/mol. The summed E-state index contributed by atoms with van der Waals surface area (Å²) in [5.74, 6) is 0.904. The van der Waals surface area contributed by atoms with Crippen LogP contribution in [0.5, 0.6) is 0 Å². The zero-order valence-electron chi connectivity index (χ0n) is 16.1. The van der Waals surface area contributed by atoms with Gasteiger partial charge in [-0.25, -0.2) is 14.5 Å². The number of carbonyl (C=O) groups excluding carboxylic acids is 1. The minimum atomic E-state index is -0.274. The monoisotopic (exact) mass is 394 g/mol. The highest BCUT2D eigenvalue weighted by molar-refractivity contribution is 5.89. The predicted octanol–water partition coefficient (Wildman–Crippen LogP) is 1.52. The SMILES string of the molecule is Cc1cc(NC(=O)NCc2ccnc(N3CCOCC3)c2)ccc1-n1cnnn1. The third-order valence-corrected chi connectivity index (χ3v) is 4.65. The molecule has 2 amide bonds. The molecule has 3 heterocycles. The van der Waals surface area contributed by atoms with Gasteiger partial charge < -0.3 is 20.3 Å². The Morgan fingerprint density at radius 2 is 2.07 bits per heavy atom. The number of aromatic nitrogens is 5. The summed E-state index contributed by atoms with van der Waals surface area (Å²) in [5, 5.41) is 16.9. The molecule has 10 nitrogen and oxygen atoms in total. The van der Waals surface area contributed by atoms with Crippen LogP contribution in [-0.4, -0.2) is 57.5 Å². The number of nitrogens with zero attached hydrogens (tertiary/aromatic N) is 6. The van der Waals surface area contributed by atoms with Gasteiger partial charge in [-0.15, -0.1) is 5.10 Å². The lowest BCUT2D eigenvalue weighted by molar-refractivity contribution is 0.122. The molecule has 150 valence electrons. The molecule has 2 N–H and O–H groups in total. The maximum atomic E-state index is 12.3. The fourth-order valence-corrected chi connectivity index (χ4v) is 3.16. The summed E-state index contributed by atoms with van der Waals surface area (Å²) < 4.78 is 6.96. The number of ether oxygens (including phenoxy) is 1. The molecule has 0 bridgehead atoms. The smallest absolute Gasteiger partial charge is 0.319 e. The van der Waals surface area contributed by atoms with Crippen LogP contribution in [0, 0.1) is 6.92 Å². The highest BCUT2D eigenvalue weighted by Gasteiger charge is 2.13. The number of carbonyl (C=O) groups is 1. The summed E-state index contributed by atoms with van der Waals surface area (Å²) >= 11 is 0. The number of aryl methyl sites for hydroxylation is 1. The van der Waals surface area contributed by atoms with E-state index in [1.165, 1.54) is 6.33 Å². The van der Waals surface area contributed by atoms with Gasteiger partial charge in [0.05, 0.1) is 18.9 Å². The van der Waals surface area contributed by atoms with Crippen LogP contribution >= 0.6 is 0 Å². The van der Waals surface area contributed by atoms with Crippen molar-refractivity contribution in [2.75, 3.05) is 36.5 Å². The maximum absolute atomic E-state index is 12.3. The van der Waals surface area contributed by atoms with Crippen molar-refractivity contribution in [3.8, 4) is 5.69 Å². The van der Waals surface area contributed by atoms with Crippen LogP contribution in [0.4, 0.5) is 16.3 Å². The number of pyridine rings is 1. The third-order valence-electron chi connectivity index (χ3n) is 4.65. The van der Waals surface area contributed by atoms with E-state index in [-0.39, 0.29) is 6.03 Å².